The molecule has 0 aliphatic rings. The Morgan fingerprint density at radius 2 is 1.81 bits per heavy atom. The number of rotatable bonds is 9. The van der Waals surface area contributed by atoms with Crippen molar-refractivity contribution in [2.45, 2.75) is 44.6 Å². The van der Waals surface area contributed by atoms with Crippen LogP contribution in [0.4, 0.5) is 10.1 Å². The Morgan fingerprint density at radius 1 is 1.23 bits per heavy atom. The summed E-state index contributed by atoms with van der Waals surface area (Å²) in [6.45, 7) is 7.06. The molecule has 26 heavy (non-hydrogen) atoms. The molecule has 1 unspecified atom stereocenters. The highest BCUT2D eigenvalue weighted by Crippen LogP contribution is 2.23. The Labute approximate surface area is 161 Å². The van der Waals surface area contributed by atoms with Gasteiger partial charge in [0.2, 0.25) is 20.0 Å². The highest BCUT2D eigenvalue weighted by Gasteiger charge is 2.30. The van der Waals surface area contributed by atoms with Crippen molar-refractivity contribution in [2.24, 2.45) is 11.7 Å². The van der Waals surface area contributed by atoms with E-state index in [1.165, 1.54) is 6.92 Å². The summed E-state index contributed by atoms with van der Waals surface area (Å²) in [6.07, 6.45) is 0.513. The zero-order chi connectivity index (χ0) is 19.5. The number of nitrogens with two attached hydrogens (primary N) is 1. The van der Waals surface area contributed by atoms with E-state index in [1.54, 1.807) is 6.92 Å². The zero-order valence-corrected chi connectivity index (χ0v) is 17.7. The number of hydrogen-bond donors (Lipinski definition) is 3. The van der Waals surface area contributed by atoms with Gasteiger partial charge in [-0.3, -0.25) is 4.72 Å². The minimum Gasteiger partial charge on any atom is -0.329 e. The highest BCUT2D eigenvalue weighted by molar-refractivity contribution is 7.92. The topological polar surface area (TPSA) is 118 Å². The van der Waals surface area contributed by atoms with Crippen molar-refractivity contribution in [3.8, 4) is 0 Å². The maximum atomic E-state index is 14.1. The summed E-state index contributed by atoms with van der Waals surface area (Å²) in [4.78, 5) is -0.298. The van der Waals surface area contributed by atoms with E-state index >= 15 is 0 Å². The third kappa shape index (κ3) is 6.99. The third-order valence-electron chi connectivity index (χ3n) is 3.59. The number of hydrogen-bond acceptors (Lipinski definition) is 5. The minimum atomic E-state index is -4.01. The van der Waals surface area contributed by atoms with Crippen LogP contribution in [-0.4, -0.2) is 34.7 Å². The second kappa shape index (κ2) is 9.32. The minimum absolute atomic E-state index is 0. The van der Waals surface area contributed by atoms with Crippen molar-refractivity contribution in [3.05, 3.63) is 24.0 Å². The smallest absolute Gasteiger partial charge is 0.241 e. The van der Waals surface area contributed by atoms with E-state index in [0.717, 1.165) is 18.2 Å². The summed E-state index contributed by atoms with van der Waals surface area (Å²) in [5, 5.41) is 0. The monoisotopic (exact) mass is 431 g/mol. The number of nitrogens with one attached hydrogen (secondary N) is 2. The Kier molecular flexibility index (Phi) is 8.98. The maximum absolute atomic E-state index is 14.1. The van der Waals surface area contributed by atoms with E-state index < -0.39 is 31.4 Å². The van der Waals surface area contributed by atoms with Gasteiger partial charge in [0.25, 0.3) is 0 Å². The van der Waals surface area contributed by atoms with Gasteiger partial charge in [0.1, 0.15) is 5.82 Å². The second-order valence-electron chi connectivity index (χ2n) is 6.62. The van der Waals surface area contributed by atoms with E-state index in [4.69, 9.17) is 5.73 Å². The molecule has 1 aromatic carbocycles. The molecule has 0 spiro atoms. The second-order valence-corrected chi connectivity index (χ2v) is 10.3. The van der Waals surface area contributed by atoms with Gasteiger partial charge in [-0.15, -0.1) is 12.4 Å². The van der Waals surface area contributed by atoms with Crippen LogP contribution in [0.3, 0.4) is 0 Å². The van der Waals surface area contributed by atoms with E-state index in [0.29, 0.717) is 6.42 Å². The van der Waals surface area contributed by atoms with E-state index in [1.807, 2.05) is 13.8 Å². The predicted molar refractivity (Wildman–Crippen MR) is 104 cm³/mol. The quantitative estimate of drug-likeness (QED) is 0.553. The van der Waals surface area contributed by atoms with Crippen molar-refractivity contribution in [1.82, 2.24) is 4.72 Å². The number of halogens is 2. The molecule has 152 valence electrons. The third-order valence-corrected chi connectivity index (χ3v) is 6.51. The average molecular weight is 432 g/mol. The zero-order valence-electron chi connectivity index (χ0n) is 15.2. The molecule has 11 heteroatoms. The first kappa shape index (κ1) is 25.1. The largest absolute Gasteiger partial charge is 0.329 e. The molecule has 0 bridgehead atoms. The Morgan fingerprint density at radius 3 is 2.23 bits per heavy atom. The van der Waals surface area contributed by atoms with E-state index in [9.17, 15) is 21.2 Å². The molecule has 0 saturated carbocycles. The van der Waals surface area contributed by atoms with Crippen molar-refractivity contribution in [3.63, 3.8) is 0 Å². The normalized spacial score (nSPS) is 14.6. The van der Waals surface area contributed by atoms with Crippen molar-refractivity contribution >= 4 is 38.1 Å². The van der Waals surface area contributed by atoms with Gasteiger partial charge < -0.3 is 5.73 Å². The molecule has 1 aromatic rings. The standard InChI is InChI=1S/C15H26FN3O4S2.ClH/c1-5-24(20,21)18-14-7-6-12(8-13(14)16)25(22,23)19-15(4,10-17)9-11(2)3;/h6-8,11,18-19H,5,9-10,17H2,1-4H3;1H. The van der Waals surface area contributed by atoms with Crippen LogP contribution in [0.25, 0.3) is 0 Å². The van der Waals surface area contributed by atoms with E-state index in [2.05, 4.69) is 9.44 Å². The van der Waals surface area contributed by atoms with Gasteiger partial charge in [-0.1, -0.05) is 13.8 Å². The van der Waals surface area contributed by atoms with Crippen LogP contribution >= 0.6 is 12.4 Å². The van der Waals surface area contributed by atoms with Crippen LogP contribution < -0.4 is 15.2 Å². The summed E-state index contributed by atoms with van der Waals surface area (Å²) < 4.78 is 66.8. The molecule has 0 heterocycles. The van der Waals surface area contributed by atoms with E-state index in [-0.39, 0.29) is 41.2 Å². The number of sulfonamides is 2. The summed E-state index contributed by atoms with van der Waals surface area (Å²) in [6, 6.07) is 3.01. The fraction of sp³-hybridized carbons (Fsp3) is 0.600. The lowest BCUT2D eigenvalue weighted by Crippen LogP contribution is -2.52. The molecule has 0 fully saturated rings. The molecule has 0 aromatic heterocycles. The molecule has 0 aliphatic carbocycles. The van der Waals surface area contributed by atoms with Gasteiger partial charge in [-0.2, -0.15) is 0 Å². The molecule has 0 aliphatic heterocycles. The summed E-state index contributed by atoms with van der Waals surface area (Å²) >= 11 is 0. The van der Waals surface area contributed by atoms with Crippen LogP contribution in [0, 0.1) is 11.7 Å². The Bertz CT molecular complexity index is 816. The lowest BCUT2D eigenvalue weighted by molar-refractivity contribution is 0.344. The predicted octanol–water partition coefficient (Wildman–Crippen LogP) is 2.05. The van der Waals surface area contributed by atoms with Crippen molar-refractivity contribution in [2.75, 3.05) is 17.0 Å². The Balaban J connectivity index is 0.00000625. The lowest BCUT2D eigenvalue weighted by Gasteiger charge is -2.30. The first-order valence-electron chi connectivity index (χ1n) is 7.88. The molecule has 0 amide bonds. The lowest BCUT2D eigenvalue weighted by atomic mass is 9.92. The summed E-state index contributed by atoms with van der Waals surface area (Å²) in [5.41, 5.74) is 4.53. The van der Waals surface area contributed by atoms with Crippen LogP contribution in [0.5, 0.6) is 0 Å². The van der Waals surface area contributed by atoms with Crippen molar-refractivity contribution in [1.29, 1.82) is 0 Å². The van der Waals surface area contributed by atoms with Gasteiger partial charge in [0.05, 0.1) is 16.3 Å². The van der Waals surface area contributed by atoms with Crippen LogP contribution in [0.1, 0.15) is 34.1 Å². The fourth-order valence-electron chi connectivity index (χ4n) is 2.44. The van der Waals surface area contributed by atoms with Gasteiger partial charge in [0, 0.05) is 12.1 Å². The average Bonchev–Trinajstić information content (AvgIpc) is 2.47. The number of benzene rings is 1. The molecule has 7 nitrogen and oxygen atoms in total. The van der Waals surface area contributed by atoms with Gasteiger partial charge in [-0.25, -0.2) is 25.9 Å². The first-order valence-corrected chi connectivity index (χ1v) is 11.0. The Hall–Kier alpha value is -0.940. The fourth-order valence-corrected chi connectivity index (χ4v) is 4.52. The van der Waals surface area contributed by atoms with Gasteiger partial charge in [-0.05, 0) is 44.4 Å². The first-order chi connectivity index (χ1) is 11.3. The maximum Gasteiger partial charge on any atom is 0.241 e. The van der Waals surface area contributed by atoms with Gasteiger partial charge in [0.15, 0.2) is 0 Å². The van der Waals surface area contributed by atoms with Crippen LogP contribution in [-0.2, 0) is 20.0 Å². The SMILES string of the molecule is CCS(=O)(=O)Nc1ccc(S(=O)(=O)NC(C)(CN)CC(C)C)cc1F.Cl. The molecule has 1 rings (SSSR count). The van der Waals surface area contributed by atoms with Crippen molar-refractivity contribution < 1.29 is 21.2 Å². The summed E-state index contributed by atoms with van der Waals surface area (Å²) in [5.74, 6) is -0.991. The molecule has 1 atom stereocenters. The molecular formula is C15H27ClFN3O4S2. The molecule has 0 radical (unpaired) electrons. The summed E-state index contributed by atoms with van der Waals surface area (Å²) in [7, 11) is -7.67. The molecule has 0 saturated heterocycles. The molecule has 4 N–H and O–H groups in total. The van der Waals surface area contributed by atoms with Gasteiger partial charge >= 0.3 is 0 Å². The highest BCUT2D eigenvalue weighted by atomic mass is 35.5. The number of anilines is 1. The van der Waals surface area contributed by atoms with Crippen LogP contribution in [0.2, 0.25) is 0 Å². The van der Waals surface area contributed by atoms with Crippen LogP contribution in [0.15, 0.2) is 23.1 Å². The molecular weight excluding hydrogens is 405 g/mol.